The number of carbonyl (C=O) groups is 1. The second-order valence-electron chi connectivity index (χ2n) is 9.26. The Bertz CT molecular complexity index is 1160. The number of carbonyl (C=O) groups excluding carboxylic acids is 1. The molecule has 1 aliphatic heterocycles. The Balaban J connectivity index is 1.66. The third kappa shape index (κ3) is 5.83. The van der Waals surface area contributed by atoms with E-state index in [1.807, 2.05) is 33.0 Å². The lowest BCUT2D eigenvalue weighted by atomic mass is 9.99. The molecule has 7 nitrogen and oxygen atoms in total. The molecule has 4 rings (SSSR count). The summed E-state index contributed by atoms with van der Waals surface area (Å²) in [5.41, 5.74) is 2.70. The monoisotopic (exact) mass is 478 g/mol. The predicted molar refractivity (Wildman–Crippen MR) is 131 cm³/mol. The number of hydrogen-bond donors (Lipinski definition) is 1. The topological polar surface area (TPSA) is 78.8 Å². The van der Waals surface area contributed by atoms with Gasteiger partial charge in [0, 0.05) is 49.7 Å². The normalized spacial score (nSPS) is 19.0. The zero-order chi connectivity index (χ0) is 24.9. The fourth-order valence-electron chi connectivity index (χ4n) is 4.32. The van der Waals surface area contributed by atoms with Crippen LogP contribution in [-0.4, -0.2) is 69.7 Å². The molecule has 184 valence electrons. The Kier molecular flexibility index (Phi) is 7.73. The number of benzene rings is 1. The van der Waals surface area contributed by atoms with Crippen LogP contribution in [0.5, 0.6) is 5.88 Å². The van der Waals surface area contributed by atoms with Crippen molar-refractivity contribution in [3.8, 4) is 17.0 Å². The van der Waals surface area contributed by atoms with Gasteiger partial charge in [0.15, 0.2) is 0 Å². The molecule has 0 saturated heterocycles. The highest BCUT2D eigenvalue weighted by molar-refractivity contribution is 5.98. The highest BCUT2D eigenvalue weighted by atomic mass is 19.1. The number of aliphatic hydroxyl groups is 1. The van der Waals surface area contributed by atoms with Crippen LogP contribution in [0.1, 0.15) is 29.8 Å². The van der Waals surface area contributed by atoms with Gasteiger partial charge in [-0.1, -0.05) is 19.1 Å². The maximum Gasteiger partial charge on any atom is 0.259 e. The van der Waals surface area contributed by atoms with Crippen LogP contribution in [0.3, 0.4) is 0 Å². The van der Waals surface area contributed by atoms with Crippen molar-refractivity contribution in [1.82, 2.24) is 19.8 Å². The molecule has 1 N–H and O–H groups in total. The molecule has 0 aliphatic carbocycles. The SMILES string of the molecule is C[C@H]1CN([C@@H](C)CO)C(=O)c2cc(-c3cccc(F)c3)cnc2O[C@H]1CN(C)Cc1ccncc1. The molecule has 3 atom stereocenters. The fourth-order valence-corrected chi connectivity index (χ4v) is 4.32. The van der Waals surface area contributed by atoms with E-state index in [9.17, 15) is 14.3 Å². The number of nitrogens with zero attached hydrogens (tertiary/aromatic N) is 4. The van der Waals surface area contributed by atoms with E-state index in [1.54, 1.807) is 41.7 Å². The molecule has 0 fully saturated rings. The molecule has 0 bridgehead atoms. The van der Waals surface area contributed by atoms with Gasteiger partial charge in [-0.05, 0) is 55.4 Å². The van der Waals surface area contributed by atoms with E-state index < -0.39 is 0 Å². The number of rotatable bonds is 7. The first-order valence-corrected chi connectivity index (χ1v) is 11.8. The molecule has 3 heterocycles. The maximum atomic E-state index is 13.8. The van der Waals surface area contributed by atoms with Gasteiger partial charge in [-0.15, -0.1) is 0 Å². The number of aromatic nitrogens is 2. The number of aliphatic hydroxyl groups excluding tert-OH is 1. The van der Waals surface area contributed by atoms with Crippen LogP contribution < -0.4 is 4.74 Å². The first-order chi connectivity index (χ1) is 16.9. The zero-order valence-electron chi connectivity index (χ0n) is 20.3. The number of halogens is 1. The molecular weight excluding hydrogens is 447 g/mol. The summed E-state index contributed by atoms with van der Waals surface area (Å²) >= 11 is 0. The van der Waals surface area contributed by atoms with Crippen LogP contribution in [0.25, 0.3) is 11.1 Å². The molecule has 8 heteroatoms. The number of fused-ring (bicyclic) bond motifs is 1. The fraction of sp³-hybridized carbons (Fsp3) is 0.370. The molecule has 1 aliphatic rings. The lowest BCUT2D eigenvalue weighted by Gasteiger charge is -2.37. The van der Waals surface area contributed by atoms with Gasteiger partial charge in [-0.2, -0.15) is 0 Å². The minimum absolute atomic E-state index is 0.00862. The van der Waals surface area contributed by atoms with Crippen molar-refractivity contribution in [2.75, 3.05) is 26.7 Å². The van der Waals surface area contributed by atoms with E-state index in [0.717, 1.165) is 12.1 Å². The smallest absolute Gasteiger partial charge is 0.259 e. The Hall–Kier alpha value is -3.36. The highest BCUT2D eigenvalue weighted by Gasteiger charge is 2.34. The lowest BCUT2D eigenvalue weighted by molar-refractivity contribution is 0.0325. The lowest BCUT2D eigenvalue weighted by Crippen LogP contribution is -2.49. The zero-order valence-corrected chi connectivity index (χ0v) is 20.3. The molecule has 1 amide bonds. The Morgan fingerprint density at radius 3 is 2.71 bits per heavy atom. The summed E-state index contributed by atoms with van der Waals surface area (Å²) in [5.74, 6) is -0.383. The summed E-state index contributed by atoms with van der Waals surface area (Å²) in [6, 6.07) is 11.5. The van der Waals surface area contributed by atoms with E-state index in [4.69, 9.17) is 4.74 Å². The second kappa shape index (κ2) is 10.9. The average molecular weight is 479 g/mol. The number of likely N-dealkylation sites (N-methyl/N-ethyl adjacent to an activating group) is 1. The Labute approximate surface area is 205 Å². The van der Waals surface area contributed by atoms with Crippen molar-refractivity contribution in [2.45, 2.75) is 32.5 Å². The van der Waals surface area contributed by atoms with Gasteiger partial charge in [0.1, 0.15) is 17.5 Å². The van der Waals surface area contributed by atoms with Crippen LogP contribution in [0.2, 0.25) is 0 Å². The minimum atomic E-state index is -0.371. The quantitative estimate of drug-likeness (QED) is 0.559. The van der Waals surface area contributed by atoms with Crippen molar-refractivity contribution in [2.24, 2.45) is 5.92 Å². The van der Waals surface area contributed by atoms with Crippen molar-refractivity contribution in [1.29, 1.82) is 0 Å². The maximum absolute atomic E-state index is 13.8. The van der Waals surface area contributed by atoms with Crippen LogP contribution >= 0.6 is 0 Å². The van der Waals surface area contributed by atoms with Gasteiger partial charge >= 0.3 is 0 Å². The molecule has 0 radical (unpaired) electrons. The molecule has 0 spiro atoms. The molecule has 0 unspecified atom stereocenters. The number of ether oxygens (including phenoxy) is 1. The molecule has 2 aromatic heterocycles. The van der Waals surface area contributed by atoms with Crippen LogP contribution in [0, 0.1) is 11.7 Å². The Morgan fingerprint density at radius 2 is 2.00 bits per heavy atom. The van der Waals surface area contributed by atoms with Crippen LogP contribution in [-0.2, 0) is 6.54 Å². The van der Waals surface area contributed by atoms with Crippen molar-refractivity contribution >= 4 is 5.91 Å². The third-order valence-corrected chi connectivity index (χ3v) is 6.37. The van der Waals surface area contributed by atoms with Crippen LogP contribution in [0.15, 0.2) is 61.1 Å². The summed E-state index contributed by atoms with van der Waals surface area (Å²) in [6.45, 7) is 5.48. The Morgan fingerprint density at radius 1 is 1.23 bits per heavy atom. The van der Waals surface area contributed by atoms with Gasteiger partial charge in [0.2, 0.25) is 5.88 Å². The van der Waals surface area contributed by atoms with Gasteiger partial charge in [0.05, 0.1) is 12.6 Å². The third-order valence-electron chi connectivity index (χ3n) is 6.37. The van der Waals surface area contributed by atoms with Crippen molar-refractivity contribution < 1.29 is 19.0 Å². The number of hydrogen-bond acceptors (Lipinski definition) is 6. The summed E-state index contributed by atoms with van der Waals surface area (Å²) in [7, 11) is 2.02. The molecule has 0 saturated carbocycles. The van der Waals surface area contributed by atoms with Gasteiger partial charge < -0.3 is 14.7 Å². The molecular formula is C27H31FN4O3. The molecule has 35 heavy (non-hydrogen) atoms. The van der Waals surface area contributed by atoms with E-state index in [-0.39, 0.29) is 42.3 Å². The van der Waals surface area contributed by atoms with E-state index in [0.29, 0.717) is 29.8 Å². The van der Waals surface area contributed by atoms with Gasteiger partial charge in [-0.25, -0.2) is 9.37 Å². The second-order valence-corrected chi connectivity index (χ2v) is 9.26. The van der Waals surface area contributed by atoms with Crippen molar-refractivity contribution in [3.05, 3.63) is 78.0 Å². The van der Waals surface area contributed by atoms with E-state index in [1.165, 1.54) is 12.1 Å². The average Bonchev–Trinajstić information content (AvgIpc) is 2.86. The number of pyridine rings is 2. The van der Waals surface area contributed by atoms with Gasteiger partial charge in [-0.3, -0.25) is 14.7 Å². The predicted octanol–water partition coefficient (Wildman–Crippen LogP) is 3.63. The molecule has 1 aromatic carbocycles. The minimum Gasteiger partial charge on any atom is -0.472 e. The van der Waals surface area contributed by atoms with E-state index in [2.05, 4.69) is 14.9 Å². The highest BCUT2D eigenvalue weighted by Crippen LogP contribution is 2.30. The number of amides is 1. The van der Waals surface area contributed by atoms with Gasteiger partial charge in [0.25, 0.3) is 5.91 Å². The van der Waals surface area contributed by atoms with Crippen LogP contribution in [0.4, 0.5) is 4.39 Å². The first-order valence-electron chi connectivity index (χ1n) is 11.8. The summed E-state index contributed by atoms with van der Waals surface area (Å²) < 4.78 is 20.2. The summed E-state index contributed by atoms with van der Waals surface area (Å²) in [6.07, 6.45) is 4.90. The van der Waals surface area contributed by atoms with Crippen molar-refractivity contribution in [3.63, 3.8) is 0 Å². The molecule has 3 aromatic rings. The largest absolute Gasteiger partial charge is 0.472 e. The standard InChI is InChI=1S/C27H31FN4O3/c1-18-14-32(19(2)17-33)27(34)24-12-22(21-5-4-6-23(28)11-21)13-30-26(24)35-25(18)16-31(3)15-20-7-9-29-10-8-20/h4-13,18-19,25,33H,14-17H2,1-3H3/t18-,19-,25-/m0/s1. The summed E-state index contributed by atoms with van der Waals surface area (Å²) in [5, 5.41) is 9.84. The first kappa shape index (κ1) is 24.8. The summed E-state index contributed by atoms with van der Waals surface area (Å²) in [4.78, 5) is 26.0. The van der Waals surface area contributed by atoms with E-state index >= 15 is 0 Å².